The number of piperidine rings is 1. The van der Waals surface area contributed by atoms with Gasteiger partial charge in [-0.1, -0.05) is 0 Å². The number of likely N-dealkylation sites (tertiary alicyclic amines) is 1. The first-order chi connectivity index (χ1) is 15.0. The molecule has 0 bridgehead atoms. The summed E-state index contributed by atoms with van der Waals surface area (Å²) in [6, 6.07) is 4.40. The summed E-state index contributed by atoms with van der Waals surface area (Å²) < 4.78 is 0. The lowest BCUT2D eigenvalue weighted by Crippen LogP contribution is -2.44. The molecular weight excluding hydrogens is 426 g/mol. The smallest absolute Gasteiger partial charge is 0.255 e. The maximum Gasteiger partial charge on any atom is 0.255 e. The zero-order valence-electron chi connectivity index (χ0n) is 19.5. The standard InChI is InChI=1S/C24H37N5O2.ClH/c1-19(2)26-12-5-13-29(17-16-26)23(30)20-8-14-27(15-9-20)22-7-6-21(18-25-22)24(31)28-10-3-4-11-28;/h6-7,18-20H,3-5,8-17H2,1-2H3;1H. The number of pyridine rings is 1. The van der Waals surface area contributed by atoms with Crippen molar-refractivity contribution in [3.05, 3.63) is 23.9 Å². The fraction of sp³-hybridized carbons (Fsp3) is 0.708. The van der Waals surface area contributed by atoms with Crippen LogP contribution < -0.4 is 4.90 Å². The van der Waals surface area contributed by atoms with E-state index in [4.69, 9.17) is 0 Å². The molecule has 4 rings (SSSR count). The number of carbonyl (C=O) groups excluding carboxylic acids is 2. The number of hydrogen-bond donors (Lipinski definition) is 0. The molecule has 7 nitrogen and oxygen atoms in total. The van der Waals surface area contributed by atoms with Crippen molar-refractivity contribution >= 4 is 30.0 Å². The van der Waals surface area contributed by atoms with E-state index >= 15 is 0 Å². The third kappa shape index (κ3) is 5.73. The van der Waals surface area contributed by atoms with E-state index in [9.17, 15) is 9.59 Å². The summed E-state index contributed by atoms with van der Waals surface area (Å²) in [6.45, 7) is 11.7. The second-order valence-electron chi connectivity index (χ2n) is 9.47. The van der Waals surface area contributed by atoms with Crippen LogP contribution in [0.4, 0.5) is 5.82 Å². The average molecular weight is 464 g/mol. The van der Waals surface area contributed by atoms with Crippen LogP contribution in [0.25, 0.3) is 0 Å². The summed E-state index contributed by atoms with van der Waals surface area (Å²) in [5.41, 5.74) is 0.673. The molecule has 3 aliphatic rings. The molecule has 2 amide bonds. The quantitative estimate of drug-likeness (QED) is 0.687. The maximum absolute atomic E-state index is 13.1. The number of nitrogens with zero attached hydrogens (tertiary/aromatic N) is 5. The van der Waals surface area contributed by atoms with E-state index in [1.165, 1.54) is 0 Å². The Morgan fingerprint density at radius 1 is 0.875 bits per heavy atom. The number of amides is 2. The van der Waals surface area contributed by atoms with Gasteiger partial charge < -0.3 is 14.7 Å². The molecule has 0 aliphatic carbocycles. The van der Waals surface area contributed by atoms with Crippen LogP contribution in [0.5, 0.6) is 0 Å². The first kappa shape index (κ1) is 24.8. The van der Waals surface area contributed by atoms with Gasteiger partial charge in [-0.25, -0.2) is 4.98 Å². The van der Waals surface area contributed by atoms with Crippen LogP contribution in [0.1, 0.15) is 56.3 Å². The van der Waals surface area contributed by atoms with Crippen LogP contribution in [-0.4, -0.2) is 89.9 Å². The third-order valence-electron chi connectivity index (χ3n) is 7.13. The van der Waals surface area contributed by atoms with E-state index in [1.807, 2.05) is 17.0 Å². The minimum atomic E-state index is 0. The topological polar surface area (TPSA) is 60.0 Å². The molecule has 3 saturated heterocycles. The van der Waals surface area contributed by atoms with Gasteiger partial charge in [0.1, 0.15) is 5.82 Å². The molecule has 1 aromatic heterocycles. The molecule has 0 unspecified atom stereocenters. The summed E-state index contributed by atoms with van der Waals surface area (Å²) in [6.07, 6.45) is 6.72. The Morgan fingerprint density at radius 3 is 2.19 bits per heavy atom. The fourth-order valence-electron chi connectivity index (χ4n) is 5.09. The molecular formula is C24H38ClN5O2. The largest absolute Gasteiger partial charge is 0.357 e. The Labute approximate surface area is 198 Å². The van der Waals surface area contributed by atoms with Crippen molar-refractivity contribution in [3.63, 3.8) is 0 Å². The third-order valence-corrected chi connectivity index (χ3v) is 7.13. The number of aromatic nitrogens is 1. The molecule has 0 aromatic carbocycles. The number of carbonyl (C=O) groups is 2. The van der Waals surface area contributed by atoms with E-state index in [-0.39, 0.29) is 24.2 Å². The van der Waals surface area contributed by atoms with Crippen molar-refractivity contribution in [1.29, 1.82) is 0 Å². The van der Waals surface area contributed by atoms with Gasteiger partial charge in [0, 0.05) is 70.5 Å². The Bertz CT molecular complexity index is 758. The number of anilines is 1. The van der Waals surface area contributed by atoms with Gasteiger partial charge in [0.25, 0.3) is 5.91 Å². The van der Waals surface area contributed by atoms with Gasteiger partial charge in [0.05, 0.1) is 5.56 Å². The lowest BCUT2D eigenvalue weighted by Gasteiger charge is -2.34. The van der Waals surface area contributed by atoms with E-state index < -0.39 is 0 Å². The molecule has 0 radical (unpaired) electrons. The highest BCUT2D eigenvalue weighted by Gasteiger charge is 2.30. The Hall–Kier alpha value is -1.86. The van der Waals surface area contributed by atoms with Crippen LogP contribution in [0.15, 0.2) is 18.3 Å². The molecule has 178 valence electrons. The van der Waals surface area contributed by atoms with Crippen LogP contribution >= 0.6 is 12.4 Å². The van der Waals surface area contributed by atoms with E-state index in [1.54, 1.807) is 6.20 Å². The Kier molecular flexibility index (Phi) is 8.77. The summed E-state index contributed by atoms with van der Waals surface area (Å²) in [4.78, 5) is 38.9. The molecule has 32 heavy (non-hydrogen) atoms. The van der Waals surface area contributed by atoms with Gasteiger partial charge in [0.15, 0.2) is 0 Å². The minimum Gasteiger partial charge on any atom is -0.357 e. The summed E-state index contributed by atoms with van der Waals surface area (Å²) in [5.74, 6) is 1.46. The average Bonchev–Trinajstić information content (AvgIpc) is 3.22. The van der Waals surface area contributed by atoms with Crippen LogP contribution in [0.3, 0.4) is 0 Å². The zero-order chi connectivity index (χ0) is 21.8. The molecule has 3 fully saturated rings. The summed E-state index contributed by atoms with van der Waals surface area (Å²) in [7, 11) is 0. The highest BCUT2D eigenvalue weighted by Crippen LogP contribution is 2.24. The lowest BCUT2D eigenvalue weighted by molar-refractivity contribution is -0.136. The molecule has 4 heterocycles. The highest BCUT2D eigenvalue weighted by molar-refractivity contribution is 5.94. The van der Waals surface area contributed by atoms with Crippen LogP contribution in [0, 0.1) is 5.92 Å². The van der Waals surface area contributed by atoms with Crippen molar-refractivity contribution in [3.8, 4) is 0 Å². The number of hydrogen-bond acceptors (Lipinski definition) is 5. The fourth-order valence-corrected chi connectivity index (χ4v) is 5.09. The second kappa shape index (κ2) is 11.3. The molecule has 0 atom stereocenters. The van der Waals surface area contributed by atoms with Gasteiger partial charge in [-0.05, 0) is 58.1 Å². The first-order valence-corrected chi connectivity index (χ1v) is 12.1. The lowest BCUT2D eigenvalue weighted by atomic mass is 9.95. The molecule has 0 spiro atoms. The summed E-state index contributed by atoms with van der Waals surface area (Å²) >= 11 is 0. The molecule has 3 aliphatic heterocycles. The van der Waals surface area contributed by atoms with E-state index in [0.29, 0.717) is 17.5 Å². The van der Waals surface area contributed by atoms with E-state index in [2.05, 4.69) is 33.5 Å². The van der Waals surface area contributed by atoms with Gasteiger partial charge in [-0.15, -0.1) is 12.4 Å². The van der Waals surface area contributed by atoms with E-state index in [0.717, 1.165) is 90.3 Å². The SMILES string of the molecule is CC(C)N1CCCN(C(=O)C2CCN(c3ccc(C(=O)N4CCCC4)cn3)CC2)CC1.Cl. The molecule has 1 aromatic rings. The predicted octanol–water partition coefficient (Wildman–Crippen LogP) is 2.90. The maximum atomic E-state index is 13.1. The van der Waals surface area contributed by atoms with Gasteiger partial charge in [-0.2, -0.15) is 0 Å². The van der Waals surface area contributed by atoms with Crippen molar-refractivity contribution in [2.75, 3.05) is 57.3 Å². The first-order valence-electron chi connectivity index (χ1n) is 12.1. The Morgan fingerprint density at radius 2 is 1.56 bits per heavy atom. The zero-order valence-corrected chi connectivity index (χ0v) is 20.4. The van der Waals surface area contributed by atoms with Crippen molar-refractivity contribution < 1.29 is 9.59 Å². The monoisotopic (exact) mass is 463 g/mol. The molecule has 8 heteroatoms. The van der Waals surface area contributed by atoms with Gasteiger partial charge in [0.2, 0.25) is 5.91 Å². The van der Waals surface area contributed by atoms with Gasteiger partial charge >= 0.3 is 0 Å². The Balaban J connectivity index is 0.00000289. The molecule has 0 saturated carbocycles. The predicted molar refractivity (Wildman–Crippen MR) is 129 cm³/mol. The van der Waals surface area contributed by atoms with Gasteiger partial charge in [-0.3, -0.25) is 14.5 Å². The van der Waals surface area contributed by atoms with Crippen LogP contribution in [0.2, 0.25) is 0 Å². The van der Waals surface area contributed by atoms with Crippen molar-refractivity contribution in [2.45, 2.75) is 52.0 Å². The van der Waals surface area contributed by atoms with Crippen molar-refractivity contribution in [1.82, 2.24) is 19.7 Å². The summed E-state index contributed by atoms with van der Waals surface area (Å²) in [5, 5.41) is 0. The number of halogens is 1. The normalized spacial score (nSPS) is 20.9. The minimum absolute atomic E-state index is 0. The molecule has 0 N–H and O–H groups in total. The highest BCUT2D eigenvalue weighted by atomic mass is 35.5. The van der Waals surface area contributed by atoms with Crippen molar-refractivity contribution in [2.24, 2.45) is 5.92 Å². The van der Waals surface area contributed by atoms with Crippen LogP contribution in [-0.2, 0) is 4.79 Å². The number of rotatable bonds is 4. The second-order valence-corrected chi connectivity index (χ2v) is 9.47.